The van der Waals surface area contributed by atoms with Gasteiger partial charge in [0.05, 0.1) is 6.61 Å². The van der Waals surface area contributed by atoms with Gasteiger partial charge in [-0.1, -0.05) is 6.58 Å². The summed E-state index contributed by atoms with van der Waals surface area (Å²) < 4.78 is 4.47. The van der Waals surface area contributed by atoms with Crippen molar-refractivity contribution in [2.24, 2.45) is 10.9 Å². The maximum atomic E-state index is 9.25. The van der Waals surface area contributed by atoms with E-state index >= 15 is 0 Å². The molecule has 0 aliphatic carbocycles. The van der Waals surface area contributed by atoms with E-state index in [2.05, 4.69) is 16.5 Å². The topological polar surface area (TPSA) is 105 Å². The van der Waals surface area contributed by atoms with Gasteiger partial charge in [-0.3, -0.25) is 0 Å². The van der Waals surface area contributed by atoms with Gasteiger partial charge in [0.2, 0.25) is 0 Å². The molecule has 6 nitrogen and oxygen atoms in total. The Morgan fingerprint density at radius 2 is 2.25 bits per heavy atom. The van der Waals surface area contributed by atoms with Crippen molar-refractivity contribution in [1.29, 1.82) is 0 Å². The summed E-state index contributed by atoms with van der Waals surface area (Å²) in [6.07, 6.45) is 0.833. The number of nitrogens with zero attached hydrogens (tertiary/aromatic N) is 1. The highest BCUT2D eigenvalue weighted by Gasteiger charge is 1.83. The van der Waals surface area contributed by atoms with E-state index in [0.717, 1.165) is 6.08 Å². The molecular weight excluding hydrogens is 164 g/mol. The van der Waals surface area contributed by atoms with E-state index in [1.807, 2.05) is 0 Å². The van der Waals surface area contributed by atoms with Crippen molar-refractivity contribution in [3.8, 4) is 0 Å². The lowest BCUT2D eigenvalue weighted by atomic mass is 10.7. The Bertz CT molecular complexity index is 167. The van der Waals surface area contributed by atoms with Crippen LogP contribution in [0.4, 0.5) is 0 Å². The first-order chi connectivity index (χ1) is 5.58. The average Bonchev–Trinajstić information content (AvgIpc) is 2.06. The van der Waals surface area contributed by atoms with Crippen molar-refractivity contribution in [1.82, 2.24) is 0 Å². The molecule has 0 fully saturated rings. The Kier molecular flexibility index (Phi) is 9.99. The number of ether oxygens (including phenoxy) is 1. The molecule has 0 spiro atoms. The Labute approximate surface area is 69.9 Å². The Morgan fingerprint density at radius 3 is 2.33 bits per heavy atom. The zero-order valence-corrected chi connectivity index (χ0v) is 6.73. The second kappa shape index (κ2) is 9.28. The van der Waals surface area contributed by atoms with Gasteiger partial charge < -0.3 is 20.8 Å². The SMILES string of the molecule is C=CC(=O)O.CCOC(N)=NO. The molecule has 12 heavy (non-hydrogen) atoms. The molecule has 0 aliphatic rings. The second-order valence-corrected chi connectivity index (χ2v) is 1.41. The van der Waals surface area contributed by atoms with Crippen molar-refractivity contribution in [2.45, 2.75) is 6.92 Å². The zero-order chi connectivity index (χ0) is 9.98. The molecule has 0 aliphatic heterocycles. The summed E-state index contributed by atoms with van der Waals surface area (Å²) >= 11 is 0. The van der Waals surface area contributed by atoms with Crippen LogP contribution in [0.1, 0.15) is 6.92 Å². The average molecular weight is 176 g/mol. The van der Waals surface area contributed by atoms with Crippen LogP contribution in [-0.4, -0.2) is 28.9 Å². The molecule has 0 aromatic rings. The molecule has 0 amide bonds. The minimum absolute atomic E-state index is 0.192. The van der Waals surface area contributed by atoms with E-state index in [4.69, 9.17) is 16.0 Å². The number of carboxylic acid groups (broad SMARTS) is 1. The van der Waals surface area contributed by atoms with E-state index in [9.17, 15) is 4.79 Å². The fourth-order valence-corrected chi connectivity index (χ4v) is 0.177. The molecule has 0 saturated carbocycles. The van der Waals surface area contributed by atoms with Gasteiger partial charge in [0.25, 0.3) is 0 Å². The summed E-state index contributed by atoms with van der Waals surface area (Å²) in [5.41, 5.74) is 4.86. The van der Waals surface area contributed by atoms with Gasteiger partial charge in [0, 0.05) is 6.08 Å². The quantitative estimate of drug-likeness (QED) is 0.180. The molecule has 0 radical (unpaired) electrons. The van der Waals surface area contributed by atoms with Crippen LogP contribution in [0.25, 0.3) is 0 Å². The molecule has 0 bridgehead atoms. The summed E-state index contributed by atoms with van der Waals surface area (Å²) in [6.45, 7) is 5.14. The zero-order valence-electron chi connectivity index (χ0n) is 6.73. The van der Waals surface area contributed by atoms with Crippen molar-refractivity contribution < 1.29 is 19.8 Å². The minimum atomic E-state index is -0.981. The van der Waals surface area contributed by atoms with Crippen LogP contribution in [0.3, 0.4) is 0 Å². The lowest BCUT2D eigenvalue weighted by Crippen LogP contribution is -2.15. The lowest BCUT2D eigenvalue weighted by Gasteiger charge is -1.94. The third-order valence-electron chi connectivity index (χ3n) is 0.565. The number of rotatable bonds is 2. The third kappa shape index (κ3) is 15.7. The maximum Gasteiger partial charge on any atom is 0.327 e. The highest BCUT2D eigenvalue weighted by atomic mass is 16.5. The smallest absolute Gasteiger partial charge is 0.327 e. The third-order valence-corrected chi connectivity index (χ3v) is 0.565. The Hall–Kier alpha value is -1.72. The van der Waals surface area contributed by atoms with E-state index < -0.39 is 5.97 Å². The molecule has 0 rings (SSSR count). The van der Waals surface area contributed by atoms with Gasteiger partial charge in [-0.15, -0.1) is 0 Å². The fraction of sp³-hybridized carbons (Fsp3) is 0.333. The predicted octanol–water partition coefficient (Wildman–Crippen LogP) is -0.0162. The summed E-state index contributed by atoms with van der Waals surface area (Å²) in [6, 6.07) is -0.192. The number of carboxylic acids is 1. The van der Waals surface area contributed by atoms with E-state index in [0.29, 0.717) is 6.61 Å². The van der Waals surface area contributed by atoms with Crippen LogP contribution in [0.2, 0.25) is 0 Å². The molecule has 0 aromatic carbocycles. The van der Waals surface area contributed by atoms with Crippen LogP contribution < -0.4 is 5.73 Å². The number of carbonyl (C=O) groups is 1. The van der Waals surface area contributed by atoms with Crippen LogP contribution in [0.5, 0.6) is 0 Å². The summed E-state index contributed by atoms with van der Waals surface area (Å²) in [7, 11) is 0. The first-order valence-electron chi connectivity index (χ1n) is 3.04. The van der Waals surface area contributed by atoms with E-state index in [-0.39, 0.29) is 6.02 Å². The lowest BCUT2D eigenvalue weighted by molar-refractivity contribution is -0.131. The van der Waals surface area contributed by atoms with Crippen LogP contribution in [0, 0.1) is 0 Å². The van der Waals surface area contributed by atoms with E-state index in [1.54, 1.807) is 6.92 Å². The monoisotopic (exact) mass is 176 g/mol. The van der Waals surface area contributed by atoms with Crippen LogP contribution >= 0.6 is 0 Å². The van der Waals surface area contributed by atoms with Gasteiger partial charge in [-0.2, -0.15) is 0 Å². The van der Waals surface area contributed by atoms with Gasteiger partial charge >= 0.3 is 12.0 Å². The first kappa shape index (κ1) is 12.9. The van der Waals surface area contributed by atoms with Gasteiger partial charge in [0.1, 0.15) is 0 Å². The number of aliphatic carboxylic acids is 1. The van der Waals surface area contributed by atoms with Crippen molar-refractivity contribution >= 4 is 12.0 Å². The molecular formula is C6H12N2O4. The molecule has 70 valence electrons. The number of hydrogen-bond donors (Lipinski definition) is 3. The largest absolute Gasteiger partial charge is 0.478 e. The summed E-state index contributed by atoms with van der Waals surface area (Å²) in [5, 5.41) is 18.0. The maximum absolute atomic E-state index is 9.25. The summed E-state index contributed by atoms with van der Waals surface area (Å²) in [4.78, 5) is 9.25. The number of amidine groups is 1. The standard InChI is InChI=1S/C3H8N2O2.C3H4O2/c1-2-7-3(4)5-6;1-2-3(4)5/h6H,2H2,1H3,(H2,4,5);2H,1H2,(H,4,5). The number of hydrogen-bond acceptors (Lipinski definition) is 4. The van der Waals surface area contributed by atoms with Crippen molar-refractivity contribution in [3.05, 3.63) is 12.7 Å². The molecule has 0 heterocycles. The normalized spacial score (nSPS) is 9.25. The number of nitrogens with two attached hydrogens (primary N) is 1. The van der Waals surface area contributed by atoms with Crippen molar-refractivity contribution in [3.63, 3.8) is 0 Å². The Morgan fingerprint density at radius 1 is 1.83 bits per heavy atom. The van der Waals surface area contributed by atoms with Gasteiger partial charge in [0.15, 0.2) is 0 Å². The number of oxime groups is 1. The van der Waals surface area contributed by atoms with Crippen LogP contribution in [0.15, 0.2) is 17.8 Å². The highest BCUT2D eigenvalue weighted by Crippen LogP contribution is 1.68. The predicted molar refractivity (Wildman–Crippen MR) is 42.9 cm³/mol. The Balaban J connectivity index is 0. The molecule has 4 N–H and O–H groups in total. The van der Waals surface area contributed by atoms with E-state index in [1.165, 1.54) is 0 Å². The van der Waals surface area contributed by atoms with Crippen LogP contribution in [-0.2, 0) is 9.53 Å². The minimum Gasteiger partial charge on any atom is -0.478 e. The highest BCUT2D eigenvalue weighted by molar-refractivity contribution is 5.78. The molecule has 0 saturated heterocycles. The summed E-state index contributed by atoms with van der Waals surface area (Å²) in [5.74, 6) is -0.981. The van der Waals surface area contributed by atoms with Gasteiger partial charge in [-0.25, -0.2) is 4.79 Å². The molecule has 6 heteroatoms. The van der Waals surface area contributed by atoms with Crippen molar-refractivity contribution in [2.75, 3.05) is 6.61 Å². The second-order valence-electron chi connectivity index (χ2n) is 1.41. The molecule has 0 atom stereocenters. The van der Waals surface area contributed by atoms with Gasteiger partial charge in [-0.05, 0) is 12.1 Å². The fourth-order valence-electron chi connectivity index (χ4n) is 0.177. The molecule has 0 unspecified atom stereocenters. The molecule has 0 aromatic heterocycles. The first-order valence-corrected chi connectivity index (χ1v) is 3.04.